The van der Waals surface area contributed by atoms with Crippen molar-refractivity contribution in [1.29, 1.82) is 0 Å². The van der Waals surface area contributed by atoms with Crippen LogP contribution in [0.2, 0.25) is 0 Å². The third kappa shape index (κ3) is 2.84. The Morgan fingerprint density at radius 3 is 2.96 bits per heavy atom. The minimum absolute atomic E-state index is 0.0774. The Morgan fingerprint density at radius 1 is 1.36 bits per heavy atom. The van der Waals surface area contributed by atoms with Gasteiger partial charge in [-0.05, 0) is 31.0 Å². The van der Waals surface area contributed by atoms with Crippen LogP contribution in [0.5, 0.6) is 0 Å². The van der Waals surface area contributed by atoms with E-state index in [9.17, 15) is 9.59 Å². The van der Waals surface area contributed by atoms with E-state index in [2.05, 4.69) is 15.5 Å². The largest absolute Gasteiger partial charge is 0.340 e. The zero-order valence-electron chi connectivity index (χ0n) is 13.9. The number of carbonyl (C=O) groups excluding carboxylic acids is 2. The van der Waals surface area contributed by atoms with Crippen LogP contribution in [-0.2, 0) is 0 Å². The first-order valence-electron chi connectivity index (χ1n) is 8.40. The van der Waals surface area contributed by atoms with E-state index in [-0.39, 0.29) is 18.0 Å². The summed E-state index contributed by atoms with van der Waals surface area (Å²) >= 11 is 0. The smallest absolute Gasteiger partial charge is 0.321 e. The molecule has 0 spiro atoms. The van der Waals surface area contributed by atoms with E-state index in [0.717, 1.165) is 18.5 Å². The molecular weight excluding hydrogens is 322 g/mol. The van der Waals surface area contributed by atoms with Crippen LogP contribution in [-0.4, -0.2) is 46.6 Å². The number of benzene rings is 1. The number of aromatic nitrogens is 2. The first kappa shape index (κ1) is 15.6. The lowest BCUT2D eigenvalue weighted by molar-refractivity contribution is 0.0728. The molecule has 2 aliphatic heterocycles. The molecule has 0 radical (unpaired) electrons. The zero-order chi connectivity index (χ0) is 17.4. The average molecular weight is 341 g/mol. The van der Waals surface area contributed by atoms with Crippen molar-refractivity contribution < 1.29 is 14.1 Å². The van der Waals surface area contributed by atoms with Gasteiger partial charge < -0.3 is 14.7 Å². The first-order chi connectivity index (χ1) is 12.1. The highest BCUT2D eigenvalue weighted by atomic mass is 16.5. The molecule has 4 rings (SSSR count). The summed E-state index contributed by atoms with van der Waals surface area (Å²) in [7, 11) is 0. The molecule has 1 aromatic heterocycles. The average Bonchev–Trinajstić information content (AvgIpc) is 3.34. The number of amides is 3. The fourth-order valence-electron chi connectivity index (χ4n) is 3.42. The number of hydrogen-bond acceptors (Lipinski definition) is 5. The van der Waals surface area contributed by atoms with Crippen LogP contribution in [0.15, 0.2) is 28.8 Å². The topological polar surface area (TPSA) is 91.6 Å². The molecule has 3 amide bonds. The number of nitrogens with zero attached hydrogens (tertiary/aromatic N) is 4. The molecule has 8 heteroatoms. The molecule has 0 aliphatic carbocycles. The van der Waals surface area contributed by atoms with E-state index in [1.165, 1.54) is 0 Å². The van der Waals surface area contributed by atoms with Crippen molar-refractivity contribution in [3.05, 3.63) is 41.5 Å². The molecule has 1 atom stereocenters. The minimum Gasteiger partial charge on any atom is -0.340 e. The summed E-state index contributed by atoms with van der Waals surface area (Å²) in [5, 5.41) is 6.74. The lowest BCUT2D eigenvalue weighted by Gasteiger charge is -2.23. The monoisotopic (exact) mass is 341 g/mol. The van der Waals surface area contributed by atoms with Crippen molar-refractivity contribution in [2.45, 2.75) is 25.8 Å². The van der Waals surface area contributed by atoms with Crippen LogP contribution in [0.4, 0.5) is 10.5 Å². The highest BCUT2D eigenvalue weighted by molar-refractivity contribution is 5.98. The molecule has 2 saturated heterocycles. The van der Waals surface area contributed by atoms with Gasteiger partial charge in [0.15, 0.2) is 5.82 Å². The third-order valence-electron chi connectivity index (χ3n) is 4.62. The van der Waals surface area contributed by atoms with Gasteiger partial charge in [0.1, 0.15) is 0 Å². The van der Waals surface area contributed by atoms with E-state index in [1.807, 2.05) is 6.07 Å². The number of rotatable bonds is 3. The van der Waals surface area contributed by atoms with E-state index < -0.39 is 0 Å². The van der Waals surface area contributed by atoms with Crippen LogP contribution in [0.1, 0.15) is 41.0 Å². The Hall–Kier alpha value is -2.90. The Labute approximate surface area is 144 Å². The van der Waals surface area contributed by atoms with Crippen molar-refractivity contribution in [2.24, 2.45) is 0 Å². The number of likely N-dealkylation sites (tertiary alicyclic amines) is 1. The summed E-state index contributed by atoms with van der Waals surface area (Å²) < 4.78 is 5.06. The molecule has 8 nitrogen and oxygen atoms in total. The standard InChI is InChI=1S/C17H19N5O3/c1-11-19-15(20-25-11)14-6-3-8-22(14)16(23)12-4-2-5-13(10-12)21-9-7-18-17(21)24/h2,4-5,10,14H,3,6-9H2,1H3,(H,18,24)/t14-/m1/s1. The van der Waals surface area contributed by atoms with Gasteiger partial charge in [-0.2, -0.15) is 4.98 Å². The van der Waals surface area contributed by atoms with Crippen molar-refractivity contribution in [2.75, 3.05) is 24.5 Å². The van der Waals surface area contributed by atoms with E-state index in [4.69, 9.17) is 4.52 Å². The van der Waals surface area contributed by atoms with Crippen LogP contribution in [0.25, 0.3) is 0 Å². The number of nitrogens with one attached hydrogen (secondary N) is 1. The molecule has 3 heterocycles. The maximum Gasteiger partial charge on any atom is 0.321 e. The fourth-order valence-corrected chi connectivity index (χ4v) is 3.42. The van der Waals surface area contributed by atoms with Gasteiger partial charge in [-0.15, -0.1) is 0 Å². The SMILES string of the molecule is Cc1nc([C@H]2CCCN2C(=O)c2cccc(N3CCNC3=O)c2)no1. The molecule has 130 valence electrons. The second kappa shape index (κ2) is 6.19. The lowest BCUT2D eigenvalue weighted by Crippen LogP contribution is -2.32. The summed E-state index contributed by atoms with van der Waals surface area (Å²) in [4.78, 5) is 32.6. The van der Waals surface area contributed by atoms with Crippen LogP contribution >= 0.6 is 0 Å². The van der Waals surface area contributed by atoms with Crippen LogP contribution < -0.4 is 10.2 Å². The number of anilines is 1. The van der Waals surface area contributed by atoms with Gasteiger partial charge in [0.25, 0.3) is 5.91 Å². The van der Waals surface area contributed by atoms with Crippen LogP contribution in [0.3, 0.4) is 0 Å². The van der Waals surface area contributed by atoms with Gasteiger partial charge in [0.2, 0.25) is 5.89 Å². The van der Waals surface area contributed by atoms with Gasteiger partial charge in [-0.3, -0.25) is 9.69 Å². The van der Waals surface area contributed by atoms with Crippen LogP contribution in [0, 0.1) is 6.92 Å². The lowest BCUT2D eigenvalue weighted by atomic mass is 10.1. The minimum atomic E-state index is -0.163. The number of carbonyl (C=O) groups is 2. The van der Waals surface area contributed by atoms with Gasteiger partial charge in [0.05, 0.1) is 6.04 Å². The molecule has 0 bridgehead atoms. The van der Waals surface area contributed by atoms with Crippen molar-refractivity contribution in [3.8, 4) is 0 Å². The van der Waals surface area contributed by atoms with E-state index in [0.29, 0.717) is 36.9 Å². The first-order valence-corrected chi connectivity index (χ1v) is 8.40. The van der Waals surface area contributed by atoms with E-state index in [1.54, 1.807) is 34.9 Å². The second-order valence-corrected chi connectivity index (χ2v) is 6.26. The quantitative estimate of drug-likeness (QED) is 0.920. The number of urea groups is 1. The second-order valence-electron chi connectivity index (χ2n) is 6.26. The molecule has 1 aromatic carbocycles. The Morgan fingerprint density at radius 2 is 2.24 bits per heavy atom. The van der Waals surface area contributed by atoms with Gasteiger partial charge in [-0.25, -0.2) is 4.79 Å². The fraction of sp³-hybridized carbons (Fsp3) is 0.412. The van der Waals surface area contributed by atoms with Gasteiger partial charge >= 0.3 is 6.03 Å². The Kier molecular flexibility index (Phi) is 3.87. The highest BCUT2D eigenvalue weighted by Gasteiger charge is 2.34. The zero-order valence-corrected chi connectivity index (χ0v) is 13.9. The molecule has 2 aromatic rings. The van der Waals surface area contributed by atoms with Crippen molar-refractivity contribution in [3.63, 3.8) is 0 Å². The maximum atomic E-state index is 13.0. The molecular formula is C17H19N5O3. The number of hydrogen-bond donors (Lipinski definition) is 1. The molecule has 1 N–H and O–H groups in total. The molecule has 2 aliphatic rings. The summed E-state index contributed by atoms with van der Waals surface area (Å²) in [5.74, 6) is 0.973. The maximum absolute atomic E-state index is 13.0. The van der Waals surface area contributed by atoms with Crippen molar-refractivity contribution >= 4 is 17.6 Å². The molecule has 25 heavy (non-hydrogen) atoms. The van der Waals surface area contributed by atoms with Gasteiger partial charge in [-0.1, -0.05) is 11.2 Å². The normalized spacial score (nSPS) is 20.2. The Balaban J connectivity index is 1.59. The van der Waals surface area contributed by atoms with E-state index >= 15 is 0 Å². The highest BCUT2D eigenvalue weighted by Crippen LogP contribution is 2.32. The van der Waals surface area contributed by atoms with Crippen molar-refractivity contribution in [1.82, 2.24) is 20.4 Å². The summed E-state index contributed by atoms with van der Waals surface area (Å²) in [5.41, 5.74) is 1.29. The van der Waals surface area contributed by atoms with Gasteiger partial charge in [0, 0.05) is 37.8 Å². The Bertz CT molecular complexity index is 818. The molecule has 2 fully saturated rings. The predicted octanol–water partition coefficient (Wildman–Crippen LogP) is 1.88. The predicted molar refractivity (Wildman–Crippen MR) is 89.2 cm³/mol. The summed E-state index contributed by atoms with van der Waals surface area (Å²) in [6.45, 7) is 3.61. The summed E-state index contributed by atoms with van der Waals surface area (Å²) in [6, 6.07) is 6.89. The third-order valence-corrected chi connectivity index (χ3v) is 4.62. The number of aryl methyl sites for hydroxylation is 1. The molecule has 0 saturated carbocycles. The summed E-state index contributed by atoms with van der Waals surface area (Å²) in [6.07, 6.45) is 1.72. The molecule has 0 unspecified atom stereocenters.